The van der Waals surface area contributed by atoms with Crippen LogP contribution in [0.15, 0.2) is 96.0 Å². The standard InChI is InChI=1S/C35H31BrO7/c1-3-33(37)42-18-16-40-31-14-15-32(25-10-5-4-9-24(25)31)41-17-19-43-34(38)30-21-26-23-8-6-7-11-28(23)35(30,39-2)29-13-12-22(36)20-27(26)29/h3-15,20,26,30H,1,16-19,21H2,2H3. The lowest BCUT2D eigenvalue weighted by molar-refractivity contribution is -0.163. The molecule has 4 aromatic rings. The highest BCUT2D eigenvalue weighted by atomic mass is 79.9. The molecule has 0 N–H and O–H groups in total. The van der Waals surface area contributed by atoms with Crippen molar-refractivity contribution in [2.24, 2.45) is 5.92 Å². The molecule has 0 saturated carbocycles. The van der Waals surface area contributed by atoms with Crippen LogP contribution in [0.4, 0.5) is 0 Å². The van der Waals surface area contributed by atoms with Crippen LogP contribution in [0.25, 0.3) is 10.8 Å². The van der Waals surface area contributed by atoms with Gasteiger partial charge in [-0.05, 0) is 52.9 Å². The fraction of sp³-hybridized carbons (Fsp3) is 0.257. The van der Waals surface area contributed by atoms with E-state index in [0.29, 0.717) is 17.9 Å². The Bertz CT molecular complexity index is 1700. The Hall–Kier alpha value is -4.14. The van der Waals surface area contributed by atoms with Gasteiger partial charge in [-0.15, -0.1) is 0 Å². The summed E-state index contributed by atoms with van der Waals surface area (Å²) in [6, 6.07) is 25.8. The summed E-state index contributed by atoms with van der Waals surface area (Å²) in [7, 11) is 1.67. The number of ether oxygens (including phenoxy) is 5. The first-order valence-electron chi connectivity index (χ1n) is 14.2. The minimum Gasteiger partial charge on any atom is -0.489 e. The van der Waals surface area contributed by atoms with E-state index >= 15 is 0 Å². The van der Waals surface area contributed by atoms with Gasteiger partial charge in [-0.1, -0.05) is 77.1 Å². The maximum atomic E-state index is 13.7. The molecule has 7 rings (SSSR count). The van der Waals surface area contributed by atoms with Crippen LogP contribution in [-0.4, -0.2) is 45.5 Å². The summed E-state index contributed by atoms with van der Waals surface area (Å²) in [6.07, 6.45) is 1.72. The molecular formula is C35H31BrO7. The van der Waals surface area contributed by atoms with Crippen LogP contribution < -0.4 is 9.47 Å². The van der Waals surface area contributed by atoms with Crippen LogP contribution in [0.3, 0.4) is 0 Å². The van der Waals surface area contributed by atoms with Crippen molar-refractivity contribution in [1.29, 1.82) is 0 Å². The van der Waals surface area contributed by atoms with Gasteiger partial charge >= 0.3 is 11.9 Å². The Kier molecular flexibility index (Phi) is 8.23. The molecule has 3 unspecified atom stereocenters. The first kappa shape index (κ1) is 29.0. The maximum absolute atomic E-state index is 13.7. The molecule has 43 heavy (non-hydrogen) atoms. The summed E-state index contributed by atoms with van der Waals surface area (Å²) in [4.78, 5) is 24.9. The lowest BCUT2D eigenvalue weighted by atomic mass is 9.56. The van der Waals surface area contributed by atoms with Crippen LogP contribution in [-0.2, 0) is 29.4 Å². The maximum Gasteiger partial charge on any atom is 0.330 e. The summed E-state index contributed by atoms with van der Waals surface area (Å²) in [5, 5.41) is 1.72. The Morgan fingerprint density at radius 3 is 2.14 bits per heavy atom. The number of benzene rings is 4. The molecule has 0 spiro atoms. The molecule has 0 aliphatic heterocycles. The summed E-state index contributed by atoms with van der Waals surface area (Å²) in [5.74, 6) is 0.0904. The smallest absolute Gasteiger partial charge is 0.330 e. The molecule has 2 bridgehead atoms. The number of esters is 2. The molecule has 0 fully saturated rings. The highest BCUT2D eigenvalue weighted by Crippen LogP contribution is 2.59. The zero-order chi connectivity index (χ0) is 30.0. The van der Waals surface area contributed by atoms with E-state index in [2.05, 4.69) is 46.8 Å². The van der Waals surface area contributed by atoms with E-state index in [4.69, 9.17) is 23.7 Å². The molecule has 7 nitrogen and oxygen atoms in total. The monoisotopic (exact) mass is 642 g/mol. The number of rotatable bonds is 11. The first-order valence-corrected chi connectivity index (χ1v) is 14.9. The first-order chi connectivity index (χ1) is 21.0. The molecule has 8 heteroatoms. The molecule has 220 valence electrons. The molecular weight excluding hydrogens is 612 g/mol. The zero-order valence-corrected chi connectivity index (χ0v) is 25.3. The van der Waals surface area contributed by atoms with Crippen molar-refractivity contribution in [1.82, 2.24) is 0 Å². The molecule has 3 aliphatic carbocycles. The topological polar surface area (TPSA) is 80.3 Å². The van der Waals surface area contributed by atoms with Gasteiger partial charge in [-0.25, -0.2) is 4.79 Å². The predicted molar refractivity (Wildman–Crippen MR) is 165 cm³/mol. The highest BCUT2D eigenvalue weighted by Gasteiger charge is 2.58. The molecule has 0 aromatic heterocycles. The lowest BCUT2D eigenvalue weighted by Crippen LogP contribution is -2.52. The molecule has 0 amide bonds. The van der Waals surface area contributed by atoms with Crippen molar-refractivity contribution >= 4 is 38.6 Å². The van der Waals surface area contributed by atoms with Crippen LogP contribution in [0, 0.1) is 5.92 Å². The molecule has 0 radical (unpaired) electrons. The molecule has 0 heterocycles. The van der Waals surface area contributed by atoms with Gasteiger partial charge in [-0.2, -0.15) is 0 Å². The Morgan fingerprint density at radius 2 is 1.47 bits per heavy atom. The van der Waals surface area contributed by atoms with Gasteiger partial charge in [0.1, 0.15) is 43.5 Å². The second kappa shape index (κ2) is 12.2. The average molecular weight is 644 g/mol. The largest absolute Gasteiger partial charge is 0.489 e. The summed E-state index contributed by atoms with van der Waals surface area (Å²) in [6.45, 7) is 3.98. The Balaban J connectivity index is 1.14. The van der Waals surface area contributed by atoms with E-state index in [-0.39, 0.29) is 38.3 Å². The Labute approximate surface area is 258 Å². The van der Waals surface area contributed by atoms with Gasteiger partial charge in [0.2, 0.25) is 0 Å². The summed E-state index contributed by atoms with van der Waals surface area (Å²) < 4.78 is 30.0. The van der Waals surface area contributed by atoms with Gasteiger partial charge in [0, 0.05) is 34.3 Å². The van der Waals surface area contributed by atoms with Gasteiger partial charge in [0.15, 0.2) is 0 Å². The van der Waals surface area contributed by atoms with E-state index in [1.54, 1.807) is 7.11 Å². The normalized spacial score (nSPS) is 19.7. The quantitative estimate of drug-likeness (QED) is 0.102. The Morgan fingerprint density at radius 1 is 0.837 bits per heavy atom. The van der Waals surface area contributed by atoms with E-state index < -0.39 is 17.5 Å². The number of carbonyl (C=O) groups is 2. The van der Waals surface area contributed by atoms with Crippen molar-refractivity contribution in [3.8, 4) is 11.5 Å². The zero-order valence-electron chi connectivity index (χ0n) is 23.7. The van der Waals surface area contributed by atoms with Crippen molar-refractivity contribution < 1.29 is 33.3 Å². The number of carbonyl (C=O) groups excluding carboxylic acids is 2. The third-order valence-electron chi connectivity index (χ3n) is 8.28. The van der Waals surface area contributed by atoms with E-state index in [9.17, 15) is 9.59 Å². The second-order valence-electron chi connectivity index (χ2n) is 10.4. The van der Waals surface area contributed by atoms with E-state index in [1.165, 1.54) is 11.1 Å². The number of fused-ring (bicyclic) bond motifs is 2. The highest BCUT2D eigenvalue weighted by molar-refractivity contribution is 9.10. The van der Waals surface area contributed by atoms with Crippen molar-refractivity contribution in [3.05, 3.63) is 118 Å². The average Bonchev–Trinajstić information content (AvgIpc) is 3.05. The van der Waals surface area contributed by atoms with E-state index in [1.807, 2.05) is 54.6 Å². The second-order valence-corrected chi connectivity index (χ2v) is 11.4. The SMILES string of the molecule is C=CC(=O)OCCOc1ccc(OCCOC(=O)C2CC3c4ccccc4C2(OC)c2ccc(Br)cc23)c2ccccc12. The minimum atomic E-state index is -0.921. The van der Waals surface area contributed by atoms with Gasteiger partial charge < -0.3 is 23.7 Å². The fourth-order valence-electron chi connectivity index (χ4n) is 6.51. The van der Waals surface area contributed by atoms with Crippen LogP contribution in [0.1, 0.15) is 34.6 Å². The lowest BCUT2D eigenvalue weighted by Gasteiger charge is -2.52. The van der Waals surface area contributed by atoms with Gasteiger partial charge in [0.25, 0.3) is 0 Å². The molecule has 0 saturated heterocycles. The number of hydrogen-bond donors (Lipinski definition) is 0. The fourth-order valence-corrected chi connectivity index (χ4v) is 6.89. The van der Waals surface area contributed by atoms with Crippen LogP contribution in [0.5, 0.6) is 11.5 Å². The summed E-state index contributed by atoms with van der Waals surface area (Å²) in [5.41, 5.74) is 3.49. The summed E-state index contributed by atoms with van der Waals surface area (Å²) >= 11 is 3.61. The number of hydrogen-bond acceptors (Lipinski definition) is 7. The van der Waals surface area contributed by atoms with Crippen molar-refractivity contribution in [2.45, 2.75) is 17.9 Å². The molecule has 3 atom stereocenters. The van der Waals surface area contributed by atoms with E-state index in [0.717, 1.165) is 32.4 Å². The third kappa shape index (κ3) is 5.19. The predicted octanol–water partition coefficient (Wildman–Crippen LogP) is 6.69. The molecule has 3 aliphatic rings. The number of methoxy groups -OCH3 is 1. The van der Waals surface area contributed by atoms with Gasteiger partial charge in [-0.3, -0.25) is 4.79 Å². The van der Waals surface area contributed by atoms with Crippen LogP contribution >= 0.6 is 15.9 Å². The molecule has 4 aromatic carbocycles. The number of halogens is 1. The van der Waals surface area contributed by atoms with Gasteiger partial charge in [0.05, 0.1) is 5.92 Å². The van der Waals surface area contributed by atoms with Crippen molar-refractivity contribution in [2.75, 3.05) is 33.5 Å². The minimum absolute atomic E-state index is 0.0793. The van der Waals surface area contributed by atoms with Crippen LogP contribution in [0.2, 0.25) is 0 Å². The van der Waals surface area contributed by atoms with Crippen molar-refractivity contribution in [3.63, 3.8) is 0 Å². The third-order valence-corrected chi connectivity index (χ3v) is 8.77.